The van der Waals surface area contributed by atoms with Crippen LogP contribution >= 0.6 is 11.6 Å². The van der Waals surface area contributed by atoms with Crippen molar-refractivity contribution < 1.29 is 0 Å². The third-order valence-corrected chi connectivity index (χ3v) is 5.64. The van der Waals surface area contributed by atoms with Gasteiger partial charge in [-0.25, -0.2) is 0 Å². The van der Waals surface area contributed by atoms with E-state index in [1.807, 2.05) is 11.7 Å². The molecule has 1 N–H and O–H groups in total. The number of halogens is 1. The molecule has 2 atom stereocenters. The van der Waals surface area contributed by atoms with Gasteiger partial charge in [-0.2, -0.15) is 5.10 Å². The molecule has 0 radical (unpaired) electrons. The van der Waals surface area contributed by atoms with E-state index in [1.54, 1.807) is 0 Å². The second-order valence-corrected chi connectivity index (χ2v) is 7.71. The first-order chi connectivity index (χ1) is 9.40. The van der Waals surface area contributed by atoms with Gasteiger partial charge in [0.25, 0.3) is 0 Å². The van der Waals surface area contributed by atoms with Crippen molar-refractivity contribution >= 4 is 11.6 Å². The highest BCUT2D eigenvalue weighted by Crippen LogP contribution is 2.60. The Morgan fingerprint density at radius 3 is 2.55 bits per heavy atom. The number of fused-ring (bicyclic) bond motifs is 1. The highest BCUT2D eigenvalue weighted by molar-refractivity contribution is 6.30. The molecule has 2 fully saturated rings. The minimum absolute atomic E-state index is 0.398. The van der Waals surface area contributed by atoms with Crippen molar-refractivity contribution in [1.82, 2.24) is 15.1 Å². The molecule has 112 valence electrons. The lowest BCUT2D eigenvalue weighted by molar-refractivity contribution is 0.241. The molecule has 2 unspecified atom stereocenters. The van der Waals surface area contributed by atoms with Crippen molar-refractivity contribution in [2.45, 2.75) is 52.5 Å². The normalized spacial score (nSPS) is 31.9. The van der Waals surface area contributed by atoms with Gasteiger partial charge in [0.05, 0.1) is 5.69 Å². The molecule has 0 aliphatic heterocycles. The van der Waals surface area contributed by atoms with Crippen LogP contribution < -0.4 is 5.32 Å². The van der Waals surface area contributed by atoms with Crippen molar-refractivity contribution in [3.63, 3.8) is 0 Å². The average molecular weight is 296 g/mol. The zero-order valence-corrected chi connectivity index (χ0v) is 13.8. The molecular formula is C16H26ClN3. The smallest absolute Gasteiger partial charge is 0.130 e. The van der Waals surface area contributed by atoms with E-state index in [0.29, 0.717) is 11.5 Å². The van der Waals surface area contributed by atoms with E-state index in [2.05, 4.69) is 31.2 Å². The van der Waals surface area contributed by atoms with Gasteiger partial charge in [-0.3, -0.25) is 4.68 Å². The van der Waals surface area contributed by atoms with E-state index in [0.717, 1.165) is 35.6 Å². The number of aryl methyl sites for hydroxylation is 2. The third-order valence-electron chi connectivity index (χ3n) is 5.17. The molecule has 1 aromatic rings. The molecule has 3 nitrogen and oxygen atoms in total. The fraction of sp³-hybridized carbons (Fsp3) is 0.812. The molecule has 20 heavy (non-hydrogen) atoms. The maximum atomic E-state index is 6.44. The monoisotopic (exact) mass is 295 g/mol. The minimum atomic E-state index is 0.398. The summed E-state index contributed by atoms with van der Waals surface area (Å²) in [6, 6.07) is 0.550. The highest BCUT2D eigenvalue weighted by atomic mass is 35.5. The first-order valence-electron chi connectivity index (χ1n) is 7.81. The molecular weight excluding hydrogens is 270 g/mol. The lowest BCUT2D eigenvalue weighted by Gasteiger charge is -2.32. The Kier molecular flexibility index (Phi) is 3.62. The number of nitrogens with zero attached hydrogens (tertiary/aromatic N) is 2. The number of hydrogen-bond donors (Lipinski definition) is 1. The standard InChI is InChI=1S/C16H26ClN3/c1-10(2)18-9-16(6-12-5-13(12)7-16)8-14-11(3)19-20(4)15(14)17/h10,12-13,18H,5-9H2,1-4H3. The van der Waals surface area contributed by atoms with Gasteiger partial charge in [0.1, 0.15) is 5.15 Å². The van der Waals surface area contributed by atoms with Crippen molar-refractivity contribution in [2.24, 2.45) is 24.3 Å². The Balaban J connectivity index is 1.79. The topological polar surface area (TPSA) is 29.9 Å². The van der Waals surface area contributed by atoms with Crippen molar-refractivity contribution in [3.8, 4) is 0 Å². The van der Waals surface area contributed by atoms with Gasteiger partial charge in [-0.1, -0.05) is 25.4 Å². The Morgan fingerprint density at radius 2 is 2.05 bits per heavy atom. The van der Waals surface area contributed by atoms with Crippen LogP contribution in [-0.2, 0) is 13.5 Å². The summed E-state index contributed by atoms with van der Waals surface area (Å²) < 4.78 is 1.81. The molecule has 0 aromatic carbocycles. The van der Waals surface area contributed by atoms with Gasteiger partial charge < -0.3 is 5.32 Å². The largest absolute Gasteiger partial charge is 0.314 e. The Labute approximate surface area is 127 Å². The number of aromatic nitrogens is 2. The van der Waals surface area contributed by atoms with Crippen LogP contribution in [0.1, 0.15) is 44.4 Å². The van der Waals surface area contributed by atoms with Gasteiger partial charge in [0, 0.05) is 25.2 Å². The number of hydrogen-bond acceptors (Lipinski definition) is 2. The van der Waals surface area contributed by atoms with Gasteiger partial charge in [-0.05, 0) is 49.9 Å². The molecule has 0 bridgehead atoms. The van der Waals surface area contributed by atoms with Gasteiger partial charge in [0.15, 0.2) is 0 Å². The van der Waals surface area contributed by atoms with Crippen LogP contribution in [0.15, 0.2) is 0 Å². The van der Waals surface area contributed by atoms with Crippen molar-refractivity contribution in [1.29, 1.82) is 0 Å². The zero-order chi connectivity index (χ0) is 14.5. The first-order valence-corrected chi connectivity index (χ1v) is 8.19. The van der Waals surface area contributed by atoms with Crippen LogP contribution in [0.5, 0.6) is 0 Å². The predicted molar refractivity (Wildman–Crippen MR) is 83.1 cm³/mol. The maximum absolute atomic E-state index is 6.44. The highest BCUT2D eigenvalue weighted by Gasteiger charge is 2.53. The second kappa shape index (κ2) is 5.03. The molecule has 1 aromatic heterocycles. The molecule has 3 rings (SSSR count). The molecule has 2 aliphatic carbocycles. The Hall–Kier alpha value is -0.540. The van der Waals surface area contributed by atoms with Crippen molar-refractivity contribution in [3.05, 3.63) is 16.4 Å². The molecule has 2 aliphatic rings. The van der Waals surface area contributed by atoms with Crippen LogP contribution in [0.2, 0.25) is 5.15 Å². The lowest BCUT2D eigenvalue weighted by Crippen LogP contribution is -2.38. The van der Waals surface area contributed by atoms with E-state index < -0.39 is 0 Å². The van der Waals surface area contributed by atoms with Crippen molar-refractivity contribution in [2.75, 3.05) is 6.54 Å². The molecule has 0 amide bonds. The lowest BCUT2D eigenvalue weighted by atomic mass is 9.77. The molecule has 2 saturated carbocycles. The first kappa shape index (κ1) is 14.4. The fourth-order valence-electron chi connectivity index (χ4n) is 4.03. The summed E-state index contributed by atoms with van der Waals surface area (Å²) in [5, 5.41) is 8.96. The quantitative estimate of drug-likeness (QED) is 0.903. The van der Waals surface area contributed by atoms with Crippen LogP contribution in [0.3, 0.4) is 0 Å². The number of rotatable bonds is 5. The summed E-state index contributed by atoms with van der Waals surface area (Å²) >= 11 is 6.44. The van der Waals surface area contributed by atoms with Gasteiger partial charge in [-0.15, -0.1) is 0 Å². The second-order valence-electron chi connectivity index (χ2n) is 7.35. The van der Waals surface area contributed by atoms with Crippen LogP contribution in [-0.4, -0.2) is 22.4 Å². The fourth-order valence-corrected chi connectivity index (χ4v) is 4.27. The van der Waals surface area contributed by atoms with E-state index >= 15 is 0 Å². The van der Waals surface area contributed by atoms with Crippen LogP contribution in [0.4, 0.5) is 0 Å². The number of nitrogens with one attached hydrogen (secondary N) is 1. The van der Waals surface area contributed by atoms with E-state index in [-0.39, 0.29) is 0 Å². The van der Waals surface area contributed by atoms with Crippen LogP contribution in [0.25, 0.3) is 0 Å². The van der Waals surface area contributed by atoms with Crippen LogP contribution in [0, 0.1) is 24.2 Å². The summed E-state index contributed by atoms with van der Waals surface area (Å²) in [4.78, 5) is 0. The summed E-state index contributed by atoms with van der Waals surface area (Å²) in [6.07, 6.45) is 5.27. The summed E-state index contributed by atoms with van der Waals surface area (Å²) in [5.41, 5.74) is 2.76. The molecule has 4 heteroatoms. The van der Waals surface area contributed by atoms with Gasteiger partial charge >= 0.3 is 0 Å². The van der Waals surface area contributed by atoms with E-state index in [4.69, 9.17) is 11.6 Å². The molecule has 0 spiro atoms. The average Bonchev–Trinajstić information content (AvgIpc) is 2.93. The van der Waals surface area contributed by atoms with E-state index in [1.165, 1.54) is 24.8 Å². The molecule has 0 saturated heterocycles. The minimum Gasteiger partial charge on any atom is -0.314 e. The van der Waals surface area contributed by atoms with E-state index in [9.17, 15) is 0 Å². The predicted octanol–water partition coefficient (Wildman–Crippen LogP) is 3.34. The SMILES string of the molecule is Cc1nn(C)c(Cl)c1CC1(CNC(C)C)CC2CC2C1. The maximum Gasteiger partial charge on any atom is 0.130 e. The van der Waals surface area contributed by atoms with Gasteiger partial charge in [0.2, 0.25) is 0 Å². The zero-order valence-electron chi connectivity index (χ0n) is 13.0. The Bertz CT molecular complexity index is 496. The summed E-state index contributed by atoms with van der Waals surface area (Å²) in [5.74, 6) is 1.97. The molecule has 1 heterocycles. The Morgan fingerprint density at radius 1 is 1.40 bits per heavy atom. The summed E-state index contributed by atoms with van der Waals surface area (Å²) in [7, 11) is 1.93. The summed E-state index contributed by atoms with van der Waals surface area (Å²) in [6.45, 7) is 7.65. The third kappa shape index (κ3) is 2.62.